The zero-order chi connectivity index (χ0) is 30.8. The predicted molar refractivity (Wildman–Crippen MR) is 179 cm³/mol. The van der Waals surface area contributed by atoms with Gasteiger partial charge in [-0.1, -0.05) is 82.3 Å². The summed E-state index contributed by atoms with van der Waals surface area (Å²) in [6.45, 7) is 11.9. The Bertz CT molecular complexity index is 1820. The molecule has 0 saturated carbocycles. The second kappa shape index (κ2) is 12.0. The normalized spacial score (nSPS) is 13.0. The lowest BCUT2D eigenvalue weighted by atomic mass is 9.85. The summed E-state index contributed by atoms with van der Waals surface area (Å²) in [5.74, 6) is 0.660. The van der Waals surface area contributed by atoms with Gasteiger partial charge in [0.05, 0.1) is 17.9 Å². The van der Waals surface area contributed by atoms with E-state index in [2.05, 4.69) is 99.5 Å². The van der Waals surface area contributed by atoms with Crippen LogP contribution in [0.25, 0.3) is 33.8 Å². The van der Waals surface area contributed by atoms with E-state index in [9.17, 15) is 4.79 Å². The average molecular weight is 582 g/mol. The van der Waals surface area contributed by atoms with Crippen LogP contribution in [0, 0.1) is 6.92 Å². The van der Waals surface area contributed by atoms with Gasteiger partial charge >= 0.3 is 6.03 Å². The van der Waals surface area contributed by atoms with Gasteiger partial charge in [-0.05, 0) is 70.8 Å². The first-order chi connectivity index (χ1) is 21.2. The van der Waals surface area contributed by atoms with Gasteiger partial charge in [0.25, 0.3) is 0 Å². The molecule has 6 nitrogen and oxygen atoms in total. The lowest BCUT2D eigenvalue weighted by molar-refractivity contribution is 0.206. The van der Waals surface area contributed by atoms with Crippen LogP contribution in [0.15, 0.2) is 91.3 Å². The zero-order valence-electron chi connectivity index (χ0n) is 26.2. The topological polar surface area (TPSA) is 71.0 Å². The minimum atomic E-state index is -0.120. The van der Waals surface area contributed by atoms with Crippen LogP contribution in [-0.2, 0) is 24.8 Å². The first kappa shape index (κ1) is 29.2. The maximum atomic E-state index is 13.8. The number of amides is 2. The number of hydrogen-bond donors (Lipinski definition) is 1. The van der Waals surface area contributed by atoms with Crippen molar-refractivity contribution in [3.8, 4) is 33.8 Å². The molecule has 0 radical (unpaired) electrons. The minimum Gasteiger partial charge on any atom is -0.320 e. The van der Waals surface area contributed by atoms with Crippen molar-refractivity contribution in [1.82, 2.24) is 19.9 Å². The van der Waals surface area contributed by atoms with Crippen LogP contribution in [0.4, 0.5) is 10.5 Å². The number of rotatable bonds is 5. The van der Waals surface area contributed by atoms with Crippen molar-refractivity contribution in [2.24, 2.45) is 0 Å². The van der Waals surface area contributed by atoms with E-state index in [4.69, 9.17) is 9.97 Å². The SMILES string of the molecule is CCc1cc(NC(=O)N2CCc3nc(-c4cccnc4)nc(-c4ccccc4C)c3C2)cc(-c2cccc(C(C)(C)C)c2)c1. The molecule has 6 rings (SSSR count). The van der Waals surface area contributed by atoms with Gasteiger partial charge in [-0.2, -0.15) is 0 Å². The molecule has 0 spiro atoms. The van der Waals surface area contributed by atoms with E-state index < -0.39 is 0 Å². The van der Waals surface area contributed by atoms with E-state index in [1.165, 1.54) is 11.1 Å². The molecular weight excluding hydrogens is 542 g/mol. The third kappa shape index (κ3) is 6.11. The van der Waals surface area contributed by atoms with Crippen LogP contribution in [0.2, 0.25) is 0 Å². The first-order valence-electron chi connectivity index (χ1n) is 15.4. The third-order valence-electron chi connectivity index (χ3n) is 8.38. The number of aryl methyl sites for hydroxylation is 2. The highest BCUT2D eigenvalue weighted by molar-refractivity contribution is 5.91. The molecule has 2 amide bonds. The fraction of sp³-hybridized carbons (Fsp3) is 0.263. The molecule has 0 bridgehead atoms. The first-order valence-corrected chi connectivity index (χ1v) is 15.4. The number of urea groups is 1. The summed E-state index contributed by atoms with van der Waals surface area (Å²) in [7, 11) is 0. The number of pyridine rings is 1. The van der Waals surface area contributed by atoms with E-state index in [1.54, 1.807) is 12.4 Å². The van der Waals surface area contributed by atoms with Gasteiger partial charge in [-0.15, -0.1) is 0 Å². The van der Waals surface area contributed by atoms with Crippen molar-refractivity contribution < 1.29 is 4.79 Å². The van der Waals surface area contributed by atoms with Gasteiger partial charge < -0.3 is 10.2 Å². The number of carbonyl (C=O) groups is 1. The molecule has 0 atom stereocenters. The fourth-order valence-corrected chi connectivity index (χ4v) is 5.78. The Kier molecular flexibility index (Phi) is 8.00. The van der Waals surface area contributed by atoms with E-state index in [0.717, 1.165) is 56.9 Å². The maximum Gasteiger partial charge on any atom is 0.322 e. The van der Waals surface area contributed by atoms with Crippen molar-refractivity contribution in [1.29, 1.82) is 0 Å². The summed E-state index contributed by atoms with van der Waals surface area (Å²) < 4.78 is 0. The number of anilines is 1. The monoisotopic (exact) mass is 581 g/mol. The van der Waals surface area contributed by atoms with Crippen LogP contribution in [0.5, 0.6) is 0 Å². The summed E-state index contributed by atoms with van der Waals surface area (Å²) in [5, 5.41) is 3.22. The van der Waals surface area contributed by atoms with Crippen LogP contribution in [0.3, 0.4) is 0 Å². The number of nitrogens with one attached hydrogen (secondary N) is 1. The van der Waals surface area contributed by atoms with E-state index >= 15 is 0 Å². The highest BCUT2D eigenvalue weighted by atomic mass is 16.2. The predicted octanol–water partition coefficient (Wildman–Crippen LogP) is 8.63. The Balaban J connectivity index is 1.31. The number of carbonyl (C=O) groups excluding carboxylic acids is 1. The molecule has 0 unspecified atom stereocenters. The molecular formula is C38H39N5O. The Morgan fingerprint density at radius 2 is 1.73 bits per heavy atom. The summed E-state index contributed by atoms with van der Waals surface area (Å²) in [4.78, 5) is 29.9. The molecule has 1 aliphatic rings. The van der Waals surface area contributed by atoms with E-state index in [1.807, 2.05) is 29.2 Å². The standard InChI is InChI=1S/C38H39N5O/c1-6-26-19-29(27-12-9-14-30(21-27)38(3,4)5)22-31(20-26)40-37(44)43-18-16-34-33(24-43)35(32-15-8-7-11-25(32)2)42-36(41-34)28-13-10-17-39-23-28/h7-15,17,19-23H,6,16,18,24H2,1-5H3,(H,40,44). The van der Waals surface area contributed by atoms with Crippen molar-refractivity contribution in [2.75, 3.05) is 11.9 Å². The van der Waals surface area contributed by atoms with Crippen molar-refractivity contribution in [3.63, 3.8) is 0 Å². The van der Waals surface area contributed by atoms with Crippen molar-refractivity contribution >= 4 is 11.7 Å². The van der Waals surface area contributed by atoms with Gasteiger partial charge in [0, 0.05) is 47.7 Å². The molecule has 222 valence electrons. The van der Waals surface area contributed by atoms with Crippen molar-refractivity contribution in [3.05, 3.63) is 119 Å². The second-order valence-corrected chi connectivity index (χ2v) is 12.6. The summed E-state index contributed by atoms with van der Waals surface area (Å²) in [6, 6.07) is 27.1. The highest BCUT2D eigenvalue weighted by Gasteiger charge is 2.27. The fourth-order valence-electron chi connectivity index (χ4n) is 5.78. The zero-order valence-corrected chi connectivity index (χ0v) is 26.2. The molecule has 0 aliphatic carbocycles. The number of fused-ring (bicyclic) bond motifs is 1. The van der Waals surface area contributed by atoms with Crippen LogP contribution in [0.1, 0.15) is 55.6 Å². The molecule has 5 aromatic rings. The molecule has 2 aromatic heterocycles. The molecule has 6 heteroatoms. The largest absolute Gasteiger partial charge is 0.322 e. The van der Waals surface area contributed by atoms with E-state index in [-0.39, 0.29) is 11.4 Å². The van der Waals surface area contributed by atoms with E-state index in [0.29, 0.717) is 25.3 Å². The molecule has 44 heavy (non-hydrogen) atoms. The van der Waals surface area contributed by atoms with Gasteiger partial charge in [-0.25, -0.2) is 14.8 Å². The third-order valence-corrected chi connectivity index (χ3v) is 8.38. The number of aromatic nitrogens is 3. The quantitative estimate of drug-likeness (QED) is 0.226. The smallest absolute Gasteiger partial charge is 0.320 e. The van der Waals surface area contributed by atoms with Gasteiger partial charge in [-0.3, -0.25) is 4.98 Å². The molecule has 0 saturated heterocycles. The Hall–Kier alpha value is -4.84. The summed E-state index contributed by atoms with van der Waals surface area (Å²) >= 11 is 0. The number of hydrogen-bond acceptors (Lipinski definition) is 4. The highest BCUT2D eigenvalue weighted by Crippen LogP contribution is 2.34. The van der Waals surface area contributed by atoms with Gasteiger partial charge in [0.15, 0.2) is 5.82 Å². The van der Waals surface area contributed by atoms with Crippen LogP contribution < -0.4 is 5.32 Å². The molecule has 1 N–H and O–H groups in total. The lowest BCUT2D eigenvalue weighted by Crippen LogP contribution is -2.39. The average Bonchev–Trinajstić information content (AvgIpc) is 3.04. The van der Waals surface area contributed by atoms with Crippen LogP contribution >= 0.6 is 0 Å². The molecule has 3 aromatic carbocycles. The second-order valence-electron chi connectivity index (χ2n) is 12.6. The number of nitrogens with zero attached hydrogens (tertiary/aromatic N) is 4. The van der Waals surface area contributed by atoms with Gasteiger partial charge in [0.1, 0.15) is 0 Å². The van der Waals surface area contributed by atoms with Crippen LogP contribution in [-0.4, -0.2) is 32.4 Å². The van der Waals surface area contributed by atoms with Crippen molar-refractivity contribution in [2.45, 2.75) is 59.4 Å². The molecule has 3 heterocycles. The Morgan fingerprint density at radius 3 is 2.48 bits per heavy atom. The maximum absolute atomic E-state index is 13.8. The minimum absolute atomic E-state index is 0.0551. The lowest BCUT2D eigenvalue weighted by Gasteiger charge is -2.30. The number of benzene rings is 3. The molecule has 0 fully saturated rings. The Morgan fingerprint density at radius 1 is 0.909 bits per heavy atom. The van der Waals surface area contributed by atoms with Gasteiger partial charge in [0.2, 0.25) is 0 Å². The summed E-state index contributed by atoms with van der Waals surface area (Å²) in [5.41, 5.74) is 11.5. The summed E-state index contributed by atoms with van der Waals surface area (Å²) in [6.07, 6.45) is 5.08. The Labute approximate surface area is 260 Å². The molecule has 1 aliphatic heterocycles.